The average molecular weight is 612 g/mol. The smallest absolute Gasteiger partial charge is 0.140 e. The molecule has 0 bridgehead atoms. The van der Waals surface area contributed by atoms with Gasteiger partial charge in [0, 0.05) is 25.0 Å². The number of rotatable bonds is 15. The summed E-state index contributed by atoms with van der Waals surface area (Å²) >= 11 is 1.56. The fourth-order valence-corrected chi connectivity index (χ4v) is 8.10. The summed E-state index contributed by atoms with van der Waals surface area (Å²) in [4.78, 5) is 2.07. The quantitative estimate of drug-likeness (QED) is 0.0906. The van der Waals surface area contributed by atoms with Crippen LogP contribution in [0.15, 0.2) is 65.2 Å². The molecule has 0 spiro atoms. The molecule has 0 aromatic heterocycles. The molecule has 7 atom stereocenters. The van der Waals surface area contributed by atoms with E-state index in [9.17, 15) is 15.3 Å². The molecule has 1 saturated carbocycles. The molecule has 2 heterocycles. The molecule has 0 amide bonds. The Labute approximate surface area is 262 Å². The van der Waals surface area contributed by atoms with Crippen molar-refractivity contribution < 1.29 is 15.3 Å². The number of benzene rings is 1. The van der Waals surface area contributed by atoms with E-state index in [2.05, 4.69) is 74.1 Å². The lowest BCUT2D eigenvalue weighted by Crippen LogP contribution is -2.62. The van der Waals surface area contributed by atoms with Crippen molar-refractivity contribution in [1.29, 1.82) is 0 Å². The predicted molar refractivity (Wildman–Crippen MR) is 176 cm³/mol. The maximum absolute atomic E-state index is 11.9. The van der Waals surface area contributed by atoms with Crippen molar-refractivity contribution in [1.82, 2.24) is 25.6 Å². The monoisotopic (exact) mass is 611 g/mol. The van der Waals surface area contributed by atoms with Gasteiger partial charge in [-0.1, -0.05) is 73.9 Å². The first-order chi connectivity index (χ1) is 21.0. The van der Waals surface area contributed by atoms with Crippen molar-refractivity contribution in [3.8, 4) is 0 Å². The molecular formula is C34H53N5O3S. The predicted octanol–water partition coefficient (Wildman–Crippen LogP) is 3.74. The lowest BCUT2D eigenvalue weighted by Gasteiger charge is -2.42. The van der Waals surface area contributed by atoms with E-state index in [1.165, 1.54) is 17.6 Å². The Morgan fingerprint density at radius 2 is 1.84 bits per heavy atom. The molecular weight excluding hydrogens is 558 g/mol. The standard InChI is InChI=1S/C34H53N5O3S/c1-24(35-21-11-15-25-13-5-2-6-14-25)31(40)37-30(27-18-9-4-10-19-27)34(42)39-22-12-20-29(39)32(41)38-33-28(23-36-43-33)26-16-7-3-8-17-26/h2-3,5-8,13-14,16,24,26-27,29-32,34-38,40-42H,4,9-12,15,17-23H2,1H3/t24?,26?,29-,30-,31?,32?,34?/m0/s1. The van der Waals surface area contributed by atoms with Gasteiger partial charge in [-0.15, -0.1) is 0 Å². The van der Waals surface area contributed by atoms with Crippen LogP contribution in [-0.2, 0) is 6.42 Å². The van der Waals surface area contributed by atoms with Gasteiger partial charge in [0.1, 0.15) is 18.7 Å². The summed E-state index contributed by atoms with van der Waals surface area (Å²) in [5, 5.41) is 46.0. The summed E-state index contributed by atoms with van der Waals surface area (Å²) in [6, 6.07) is 9.86. The summed E-state index contributed by atoms with van der Waals surface area (Å²) in [5.74, 6) is 0.618. The van der Waals surface area contributed by atoms with Crippen LogP contribution in [0, 0.1) is 11.8 Å². The van der Waals surface area contributed by atoms with Crippen LogP contribution in [0.25, 0.3) is 0 Å². The highest BCUT2D eigenvalue weighted by atomic mass is 32.2. The van der Waals surface area contributed by atoms with E-state index in [0.29, 0.717) is 5.92 Å². The van der Waals surface area contributed by atoms with Crippen LogP contribution >= 0.6 is 11.9 Å². The van der Waals surface area contributed by atoms with Crippen molar-refractivity contribution in [2.24, 2.45) is 11.8 Å². The first kappa shape index (κ1) is 32.7. The summed E-state index contributed by atoms with van der Waals surface area (Å²) in [6.07, 6.45) is 16.6. The van der Waals surface area contributed by atoms with E-state index in [4.69, 9.17) is 0 Å². The van der Waals surface area contributed by atoms with Gasteiger partial charge >= 0.3 is 0 Å². The number of nitrogens with zero attached hydrogens (tertiary/aromatic N) is 1. The molecule has 7 N–H and O–H groups in total. The van der Waals surface area contributed by atoms with Gasteiger partial charge in [-0.25, -0.2) is 0 Å². The zero-order valence-electron chi connectivity index (χ0n) is 25.7. The van der Waals surface area contributed by atoms with E-state index in [1.807, 2.05) is 13.0 Å². The topological polar surface area (TPSA) is 112 Å². The highest BCUT2D eigenvalue weighted by Crippen LogP contribution is 2.34. The molecule has 0 radical (unpaired) electrons. The Morgan fingerprint density at radius 1 is 1.02 bits per heavy atom. The Balaban J connectivity index is 1.19. The van der Waals surface area contributed by atoms with Crippen LogP contribution in [0.4, 0.5) is 0 Å². The number of likely N-dealkylation sites (tertiary alicyclic amines) is 1. The molecule has 4 aliphatic rings. The number of aliphatic hydroxyl groups is 3. The zero-order valence-corrected chi connectivity index (χ0v) is 26.5. The highest BCUT2D eigenvalue weighted by Gasteiger charge is 2.42. The lowest BCUT2D eigenvalue weighted by molar-refractivity contribution is -0.0897. The van der Waals surface area contributed by atoms with Gasteiger partial charge in [0.05, 0.1) is 17.1 Å². The summed E-state index contributed by atoms with van der Waals surface area (Å²) < 4.78 is 3.37. The number of aliphatic hydroxyl groups excluding tert-OH is 3. The van der Waals surface area contributed by atoms with Crippen LogP contribution in [0.1, 0.15) is 70.3 Å². The molecule has 43 heavy (non-hydrogen) atoms. The molecule has 5 rings (SSSR count). The van der Waals surface area contributed by atoms with Gasteiger partial charge in [-0.3, -0.25) is 14.9 Å². The molecule has 2 aliphatic heterocycles. The minimum absolute atomic E-state index is 0.156. The molecule has 9 heteroatoms. The second-order valence-electron chi connectivity index (χ2n) is 12.8. The second-order valence-corrected chi connectivity index (χ2v) is 13.7. The highest BCUT2D eigenvalue weighted by molar-refractivity contribution is 8.01. The first-order valence-electron chi connectivity index (χ1n) is 16.6. The summed E-state index contributed by atoms with van der Waals surface area (Å²) in [6.45, 7) is 4.35. The third-order valence-corrected chi connectivity index (χ3v) is 10.6. The molecule has 2 aliphatic carbocycles. The number of aryl methyl sites for hydroxylation is 1. The third-order valence-electron chi connectivity index (χ3n) is 9.75. The van der Waals surface area contributed by atoms with Gasteiger partial charge in [0.2, 0.25) is 0 Å². The first-order valence-corrected chi connectivity index (χ1v) is 17.4. The van der Waals surface area contributed by atoms with Crippen molar-refractivity contribution in [2.45, 2.75) is 108 Å². The minimum Gasteiger partial charge on any atom is -0.377 e. The lowest BCUT2D eigenvalue weighted by atomic mass is 9.82. The molecule has 238 valence electrons. The largest absolute Gasteiger partial charge is 0.377 e. The normalized spacial score (nSPS) is 26.9. The van der Waals surface area contributed by atoms with E-state index in [-0.39, 0.29) is 24.0 Å². The molecule has 5 unspecified atom stereocenters. The summed E-state index contributed by atoms with van der Waals surface area (Å²) in [7, 11) is 0. The van der Waals surface area contributed by atoms with Crippen molar-refractivity contribution >= 4 is 11.9 Å². The van der Waals surface area contributed by atoms with Gasteiger partial charge < -0.3 is 26.0 Å². The van der Waals surface area contributed by atoms with Crippen LogP contribution in [0.2, 0.25) is 0 Å². The van der Waals surface area contributed by atoms with Gasteiger partial charge in [-0.2, -0.15) is 0 Å². The number of hydrogen-bond acceptors (Lipinski definition) is 9. The Hall–Kier alpha value is -1.69. The fraction of sp³-hybridized carbons (Fsp3) is 0.647. The van der Waals surface area contributed by atoms with Crippen LogP contribution < -0.4 is 20.7 Å². The number of hydrogen-bond donors (Lipinski definition) is 7. The Kier molecular flexibility index (Phi) is 12.6. The minimum atomic E-state index is -0.792. The maximum atomic E-state index is 11.9. The van der Waals surface area contributed by atoms with Crippen molar-refractivity contribution in [3.63, 3.8) is 0 Å². The fourth-order valence-electron chi connectivity index (χ4n) is 7.19. The Bertz CT molecular complexity index is 1080. The average Bonchev–Trinajstić information content (AvgIpc) is 3.73. The van der Waals surface area contributed by atoms with Gasteiger partial charge in [0.25, 0.3) is 0 Å². The van der Waals surface area contributed by atoms with E-state index < -0.39 is 18.7 Å². The maximum Gasteiger partial charge on any atom is 0.140 e. The molecule has 1 aromatic carbocycles. The third kappa shape index (κ3) is 8.95. The van der Waals surface area contributed by atoms with E-state index in [0.717, 1.165) is 82.5 Å². The molecule has 8 nitrogen and oxygen atoms in total. The van der Waals surface area contributed by atoms with Gasteiger partial charge in [0.15, 0.2) is 0 Å². The summed E-state index contributed by atoms with van der Waals surface area (Å²) in [5.41, 5.74) is 2.61. The van der Waals surface area contributed by atoms with E-state index in [1.54, 1.807) is 11.9 Å². The van der Waals surface area contributed by atoms with Crippen molar-refractivity contribution in [2.75, 3.05) is 19.6 Å². The molecule has 1 aromatic rings. The number of nitrogens with one attached hydrogen (secondary N) is 4. The second kappa shape index (κ2) is 16.6. The van der Waals surface area contributed by atoms with Crippen LogP contribution in [0.5, 0.6) is 0 Å². The van der Waals surface area contributed by atoms with E-state index >= 15 is 0 Å². The van der Waals surface area contributed by atoms with Crippen LogP contribution in [0.3, 0.4) is 0 Å². The Morgan fingerprint density at radius 3 is 2.60 bits per heavy atom. The van der Waals surface area contributed by atoms with Crippen molar-refractivity contribution in [3.05, 3.63) is 70.8 Å². The molecule has 1 saturated heterocycles. The van der Waals surface area contributed by atoms with Gasteiger partial charge in [-0.05, 0) is 87.4 Å². The zero-order chi connectivity index (χ0) is 30.0. The number of allylic oxidation sites excluding steroid dienone is 4. The van der Waals surface area contributed by atoms with Crippen LogP contribution in [-0.4, -0.2) is 76.7 Å². The SMILES string of the molecule is CC(NCCCc1ccccc1)C(O)N[C@@H](C1CCCCC1)C(O)N1CCC[C@H]1C(O)NC1=C(C2C=CC=CC2)CNS1. The molecule has 2 fully saturated rings.